The summed E-state index contributed by atoms with van der Waals surface area (Å²) >= 11 is 0. The van der Waals surface area contributed by atoms with Crippen LogP contribution in [0.4, 0.5) is 0 Å². The number of pyridine rings is 1. The molecular formula is C23H23N3O. The van der Waals surface area contributed by atoms with Crippen LogP contribution in [-0.2, 0) is 5.41 Å². The third-order valence-corrected chi connectivity index (χ3v) is 5.98. The summed E-state index contributed by atoms with van der Waals surface area (Å²) < 4.78 is 0. The van der Waals surface area contributed by atoms with Gasteiger partial charge < -0.3 is 10.3 Å². The molecule has 4 nitrogen and oxygen atoms in total. The van der Waals surface area contributed by atoms with Crippen molar-refractivity contribution in [1.29, 1.82) is 0 Å². The largest absolute Gasteiger partial charge is 0.357 e. The lowest BCUT2D eigenvalue weighted by molar-refractivity contribution is 0.0937. The summed E-state index contributed by atoms with van der Waals surface area (Å²) in [5, 5.41) is 3.04. The molecule has 136 valence electrons. The molecule has 0 bridgehead atoms. The molecule has 1 aromatic carbocycles. The quantitative estimate of drug-likeness (QED) is 0.717. The van der Waals surface area contributed by atoms with Crippen LogP contribution in [0.15, 0.2) is 48.7 Å². The van der Waals surface area contributed by atoms with Crippen LogP contribution < -0.4 is 5.32 Å². The lowest BCUT2D eigenvalue weighted by Crippen LogP contribution is -2.38. The van der Waals surface area contributed by atoms with Crippen LogP contribution >= 0.6 is 0 Å². The van der Waals surface area contributed by atoms with Gasteiger partial charge in [0.05, 0.1) is 11.3 Å². The van der Waals surface area contributed by atoms with E-state index >= 15 is 0 Å². The van der Waals surface area contributed by atoms with E-state index in [0.29, 0.717) is 5.92 Å². The molecule has 3 aromatic rings. The fourth-order valence-corrected chi connectivity index (χ4v) is 4.01. The Kier molecular flexibility index (Phi) is 3.51. The molecule has 2 aromatic heterocycles. The van der Waals surface area contributed by atoms with Gasteiger partial charge in [0.15, 0.2) is 0 Å². The van der Waals surface area contributed by atoms with Crippen molar-refractivity contribution in [2.45, 2.75) is 38.0 Å². The molecule has 2 N–H and O–H groups in total. The average Bonchev–Trinajstić information content (AvgIpc) is 3.32. The van der Waals surface area contributed by atoms with Crippen molar-refractivity contribution in [3.8, 4) is 22.5 Å². The number of carbonyl (C=O) groups excluding carboxylic acids is 1. The first kappa shape index (κ1) is 16.3. The zero-order valence-corrected chi connectivity index (χ0v) is 15.7. The highest BCUT2D eigenvalue weighted by atomic mass is 16.1. The number of hydrogen-bond acceptors (Lipinski definition) is 2. The lowest BCUT2D eigenvalue weighted by Gasteiger charge is -2.21. The SMILES string of the molecule is CC(C)c1ccc(-c2cc(-c3cc4c([nH]3)C3(CC3)CNC4=O)ccn2)cc1. The van der Waals surface area contributed by atoms with Gasteiger partial charge in [-0.3, -0.25) is 9.78 Å². The zero-order chi connectivity index (χ0) is 18.6. The van der Waals surface area contributed by atoms with Gasteiger partial charge in [-0.25, -0.2) is 0 Å². The Labute approximate surface area is 159 Å². The number of nitrogens with one attached hydrogen (secondary N) is 2. The summed E-state index contributed by atoms with van der Waals surface area (Å²) in [4.78, 5) is 20.4. The average molecular weight is 357 g/mol. The second-order valence-electron chi connectivity index (χ2n) is 8.14. The van der Waals surface area contributed by atoms with Crippen LogP contribution in [0.2, 0.25) is 0 Å². The predicted molar refractivity (Wildman–Crippen MR) is 107 cm³/mol. The first-order chi connectivity index (χ1) is 13.1. The predicted octanol–water partition coefficient (Wildman–Crippen LogP) is 4.64. The van der Waals surface area contributed by atoms with E-state index in [1.54, 1.807) is 0 Å². The van der Waals surface area contributed by atoms with Crippen molar-refractivity contribution in [2.75, 3.05) is 6.54 Å². The van der Waals surface area contributed by atoms with Gasteiger partial charge in [0.25, 0.3) is 5.91 Å². The fourth-order valence-electron chi connectivity index (χ4n) is 4.01. The van der Waals surface area contributed by atoms with Crippen molar-refractivity contribution in [2.24, 2.45) is 0 Å². The fraction of sp³-hybridized carbons (Fsp3) is 0.304. The van der Waals surface area contributed by atoms with E-state index < -0.39 is 0 Å². The van der Waals surface area contributed by atoms with Crippen LogP contribution in [-0.4, -0.2) is 22.4 Å². The van der Waals surface area contributed by atoms with Crippen LogP contribution in [0.25, 0.3) is 22.5 Å². The van der Waals surface area contributed by atoms with Crippen LogP contribution in [0.3, 0.4) is 0 Å². The van der Waals surface area contributed by atoms with Crippen molar-refractivity contribution in [1.82, 2.24) is 15.3 Å². The van der Waals surface area contributed by atoms with E-state index in [1.807, 2.05) is 18.3 Å². The van der Waals surface area contributed by atoms with E-state index in [0.717, 1.165) is 53.2 Å². The van der Waals surface area contributed by atoms with Crippen molar-refractivity contribution >= 4 is 5.91 Å². The highest BCUT2D eigenvalue weighted by Crippen LogP contribution is 2.50. The molecule has 1 fully saturated rings. The van der Waals surface area contributed by atoms with Crippen molar-refractivity contribution in [3.05, 3.63) is 65.5 Å². The molecule has 0 atom stereocenters. The number of H-pyrrole nitrogens is 1. The number of hydrogen-bond donors (Lipinski definition) is 2. The molecule has 0 saturated heterocycles. The summed E-state index contributed by atoms with van der Waals surface area (Å²) in [5.74, 6) is 0.549. The van der Waals surface area contributed by atoms with Gasteiger partial charge in [-0.05, 0) is 42.5 Å². The highest BCUT2D eigenvalue weighted by molar-refractivity contribution is 5.99. The number of aromatic amines is 1. The summed E-state index contributed by atoms with van der Waals surface area (Å²) in [7, 11) is 0. The number of aromatic nitrogens is 2. The van der Waals surface area contributed by atoms with Gasteiger partial charge in [-0.15, -0.1) is 0 Å². The van der Waals surface area contributed by atoms with Crippen LogP contribution in [0.1, 0.15) is 54.2 Å². The molecule has 1 amide bonds. The number of amides is 1. The molecule has 3 heterocycles. The molecule has 0 radical (unpaired) electrons. The second-order valence-corrected chi connectivity index (χ2v) is 8.14. The minimum atomic E-state index is 0.0311. The Hall–Kier alpha value is -2.88. The molecule has 1 aliphatic carbocycles. The van der Waals surface area contributed by atoms with E-state index in [2.05, 4.69) is 59.5 Å². The van der Waals surface area contributed by atoms with E-state index in [-0.39, 0.29) is 11.3 Å². The van der Waals surface area contributed by atoms with Gasteiger partial charge in [0.1, 0.15) is 0 Å². The molecule has 2 aliphatic rings. The molecule has 1 spiro atoms. The summed E-state index contributed by atoms with van der Waals surface area (Å²) in [6.07, 6.45) is 4.13. The summed E-state index contributed by atoms with van der Waals surface area (Å²) in [6, 6.07) is 14.7. The number of fused-ring (bicyclic) bond motifs is 2. The minimum absolute atomic E-state index is 0.0311. The third kappa shape index (κ3) is 2.67. The van der Waals surface area contributed by atoms with Crippen LogP contribution in [0.5, 0.6) is 0 Å². The third-order valence-electron chi connectivity index (χ3n) is 5.98. The first-order valence-electron chi connectivity index (χ1n) is 9.64. The lowest BCUT2D eigenvalue weighted by atomic mass is 9.95. The van der Waals surface area contributed by atoms with Crippen molar-refractivity contribution < 1.29 is 4.79 Å². The standard InChI is InChI=1S/C23H23N3O/c1-14(2)15-3-5-16(6-4-15)19-11-17(7-10-24-19)20-12-18-21(26-20)23(8-9-23)13-25-22(18)27/h3-7,10-12,14,26H,8-9,13H2,1-2H3,(H,25,27). The Morgan fingerprint density at radius 3 is 2.52 bits per heavy atom. The van der Waals surface area contributed by atoms with Gasteiger partial charge in [0.2, 0.25) is 0 Å². The smallest absolute Gasteiger partial charge is 0.253 e. The maximum absolute atomic E-state index is 12.3. The molecule has 1 aliphatic heterocycles. The van der Waals surface area contributed by atoms with E-state index in [9.17, 15) is 4.79 Å². The summed E-state index contributed by atoms with van der Waals surface area (Å²) in [6.45, 7) is 5.15. The topological polar surface area (TPSA) is 57.8 Å². The Morgan fingerprint density at radius 2 is 1.81 bits per heavy atom. The maximum atomic E-state index is 12.3. The maximum Gasteiger partial charge on any atom is 0.253 e. The van der Waals surface area contributed by atoms with Gasteiger partial charge in [0, 0.05) is 40.7 Å². The van der Waals surface area contributed by atoms with E-state index in [1.165, 1.54) is 5.56 Å². The monoisotopic (exact) mass is 357 g/mol. The van der Waals surface area contributed by atoms with Gasteiger partial charge >= 0.3 is 0 Å². The molecule has 27 heavy (non-hydrogen) atoms. The Balaban J connectivity index is 1.52. The summed E-state index contributed by atoms with van der Waals surface area (Å²) in [5.41, 5.74) is 7.48. The number of rotatable bonds is 3. The molecular weight excluding hydrogens is 334 g/mol. The highest BCUT2D eigenvalue weighted by Gasteiger charge is 2.50. The molecule has 4 heteroatoms. The first-order valence-corrected chi connectivity index (χ1v) is 9.64. The van der Waals surface area contributed by atoms with E-state index in [4.69, 9.17) is 0 Å². The number of carbonyl (C=O) groups is 1. The minimum Gasteiger partial charge on any atom is -0.357 e. The number of nitrogens with zero attached hydrogens (tertiary/aromatic N) is 1. The Morgan fingerprint density at radius 1 is 1.04 bits per heavy atom. The zero-order valence-electron chi connectivity index (χ0n) is 15.7. The second kappa shape index (κ2) is 5.81. The molecule has 0 unspecified atom stereocenters. The van der Waals surface area contributed by atoms with Crippen molar-refractivity contribution in [3.63, 3.8) is 0 Å². The van der Waals surface area contributed by atoms with Gasteiger partial charge in [-0.1, -0.05) is 38.1 Å². The molecule has 1 saturated carbocycles. The number of benzene rings is 1. The van der Waals surface area contributed by atoms with Crippen LogP contribution in [0, 0.1) is 0 Å². The normalized spacial score (nSPS) is 17.1. The Bertz CT molecular complexity index is 1030. The molecule has 5 rings (SSSR count). The van der Waals surface area contributed by atoms with Gasteiger partial charge in [-0.2, -0.15) is 0 Å².